The fraction of sp³-hybridized carbons (Fsp3) is 0.632. The van der Waals surface area contributed by atoms with Gasteiger partial charge in [-0.05, 0) is 80.8 Å². The van der Waals surface area contributed by atoms with Gasteiger partial charge in [-0.15, -0.1) is 0 Å². The van der Waals surface area contributed by atoms with E-state index in [1.54, 1.807) is 0 Å². The Balaban J connectivity index is 1.50. The molecule has 8 heteroatoms. The molecule has 27 heavy (non-hydrogen) atoms. The van der Waals surface area contributed by atoms with Crippen molar-refractivity contribution >= 4 is 21.9 Å². The molecule has 0 spiro atoms. The van der Waals surface area contributed by atoms with Crippen molar-refractivity contribution in [3.63, 3.8) is 0 Å². The van der Waals surface area contributed by atoms with Gasteiger partial charge in [-0.2, -0.15) is 12.7 Å². The predicted molar refractivity (Wildman–Crippen MR) is 105 cm³/mol. The van der Waals surface area contributed by atoms with Crippen LogP contribution in [0.3, 0.4) is 0 Å². The van der Waals surface area contributed by atoms with Gasteiger partial charge >= 0.3 is 16.2 Å². The monoisotopic (exact) mass is 392 g/mol. The Morgan fingerprint density at radius 3 is 2.33 bits per heavy atom. The molecule has 4 rings (SSSR count). The molecule has 1 saturated heterocycles. The van der Waals surface area contributed by atoms with Crippen molar-refractivity contribution in [3.8, 4) is 0 Å². The molecule has 1 atom stereocenters. The van der Waals surface area contributed by atoms with Crippen LogP contribution in [-0.4, -0.2) is 56.9 Å². The molecule has 1 heterocycles. The Hall–Kier alpha value is -1.64. The number of likely N-dealkylation sites (N-methyl/N-ethyl adjacent to an activating group) is 2. The first-order valence-corrected chi connectivity index (χ1v) is 11.2. The minimum atomic E-state index is -3.87. The number of benzene rings is 1. The van der Waals surface area contributed by atoms with Crippen LogP contribution in [0, 0.1) is 0 Å². The van der Waals surface area contributed by atoms with Gasteiger partial charge in [0.2, 0.25) is 0 Å². The van der Waals surface area contributed by atoms with Crippen molar-refractivity contribution in [1.82, 2.24) is 13.9 Å². The summed E-state index contributed by atoms with van der Waals surface area (Å²) in [7, 11) is -0.362. The second-order valence-electron chi connectivity index (χ2n) is 8.02. The van der Waals surface area contributed by atoms with Gasteiger partial charge in [0.25, 0.3) is 0 Å². The molecule has 1 aromatic rings. The zero-order valence-corrected chi connectivity index (χ0v) is 16.9. The van der Waals surface area contributed by atoms with Crippen molar-refractivity contribution < 1.29 is 13.2 Å². The second-order valence-corrected chi connectivity index (χ2v) is 9.75. The van der Waals surface area contributed by atoms with Gasteiger partial charge in [-0.25, -0.2) is 9.52 Å². The predicted octanol–water partition coefficient (Wildman–Crippen LogP) is 1.67. The van der Waals surface area contributed by atoms with Crippen LogP contribution in [0.15, 0.2) is 6.07 Å². The molecule has 148 valence electrons. The number of aryl methyl sites for hydroxylation is 2. The molecule has 0 aromatic heterocycles. The SMILES string of the molecule is CN1CC[C@H](N(C)S(=O)(=O)NC(=O)Nc2c3c(cc4c2CCC4)CCC3)C1. The number of nitrogens with one attached hydrogen (secondary N) is 2. The van der Waals surface area contributed by atoms with Gasteiger partial charge in [0.1, 0.15) is 0 Å². The van der Waals surface area contributed by atoms with Crippen molar-refractivity contribution in [1.29, 1.82) is 0 Å². The van der Waals surface area contributed by atoms with E-state index in [4.69, 9.17) is 0 Å². The first-order chi connectivity index (χ1) is 12.8. The zero-order chi connectivity index (χ0) is 19.2. The number of hydrogen-bond acceptors (Lipinski definition) is 4. The number of hydrogen-bond donors (Lipinski definition) is 2. The first kappa shape index (κ1) is 18.7. The molecule has 2 amide bonds. The molecule has 1 fully saturated rings. The number of amides is 2. The van der Waals surface area contributed by atoms with E-state index < -0.39 is 16.2 Å². The minimum absolute atomic E-state index is 0.106. The van der Waals surface area contributed by atoms with E-state index in [2.05, 4.69) is 21.0 Å². The lowest BCUT2D eigenvalue weighted by molar-refractivity contribution is 0.255. The smallest absolute Gasteiger partial charge is 0.307 e. The van der Waals surface area contributed by atoms with E-state index in [0.29, 0.717) is 6.54 Å². The highest BCUT2D eigenvalue weighted by Crippen LogP contribution is 2.38. The molecular weight excluding hydrogens is 364 g/mol. The van der Waals surface area contributed by atoms with Gasteiger partial charge in [0.15, 0.2) is 0 Å². The molecule has 1 aromatic carbocycles. The molecule has 1 aliphatic heterocycles. The van der Waals surface area contributed by atoms with Crippen LogP contribution in [0.25, 0.3) is 0 Å². The maximum Gasteiger partial charge on any atom is 0.333 e. The van der Waals surface area contributed by atoms with Crippen LogP contribution >= 0.6 is 0 Å². The number of carbonyl (C=O) groups is 1. The molecule has 0 radical (unpaired) electrons. The van der Waals surface area contributed by atoms with Gasteiger partial charge < -0.3 is 10.2 Å². The third kappa shape index (κ3) is 3.58. The van der Waals surface area contributed by atoms with Gasteiger partial charge in [-0.3, -0.25) is 0 Å². The number of likely N-dealkylation sites (tertiary alicyclic amines) is 1. The summed E-state index contributed by atoms with van der Waals surface area (Å²) in [6.45, 7) is 1.54. The van der Waals surface area contributed by atoms with Crippen LogP contribution in [0.5, 0.6) is 0 Å². The topological polar surface area (TPSA) is 81.8 Å². The average Bonchev–Trinajstić information content (AvgIpc) is 3.33. The van der Waals surface area contributed by atoms with E-state index in [0.717, 1.165) is 57.2 Å². The highest BCUT2D eigenvalue weighted by molar-refractivity contribution is 7.87. The summed E-state index contributed by atoms with van der Waals surface area (Å²) in [4.78, 5) is 14.7. The lowest BCUT2D eigenvalue weighted by Crippen LogP contribution is -2.48. The number of rotatable bonds is 4. The van der Waals surface area contributed by atoms with E-state index in [9.17, 15) is 13.2 Å². The fourth-order valence-electron chi connectivity index (χ4n) is 4.70. The van der Waals surface area contributed by atoms with Crippen LogP contribution in [0.1, 0.15) is 41.5 Å². The Morgan fingerprint density at radius 2 is 1.78 bits per heavy atom. The van der Waals surface area contributed by atoms with Gasteiger partial charge in [0, 0.05) is 25.3 Å². The quantitative estimate of drug-likeness (QED) is 0.817. The van der Waals surface area contributed by atoms with Crippen LogP contribution in [0.2, 0.25) is 0 Å². The van der Waals surface area contributed by atoms with Crippen molar-refractivity contribution in [3.05, 3.63) is 28.3 Å². The molecule has 2 aliphatic carbocycles. The lowest BCUT2D eigenvalue weighted by Gasteiger charge is -2.24. The molecule has 3 aliphatic rings. The summed E-state index contributed by atoms with van der Waals surface area (Å²) >= 11 is 0. The maximum absolute atomic E-state index is 12.6. The summed E-state index contributed by atoms with van der Waals surface area (Å²) in [5.74, 6) is 0. The molecule has 2 N–H and O–H groups in total. The normalized spacial score (nSPS) is 22.1. The molecule has 0 saturated carbocycles. The third-order valence-corrected chi connectivity index (χ3v) is 7.69. The second kappa shape index (κ2) is 7.07. The summed E-state index contributed by atoms with van der Waals surface area (Å²) < 4.78 is 28.8. The van der Waals surface area contributed by atoms with Crippen molar-refractivity contribution in [2.24, 2.45) is 0 Å². The Bertz CT molecular complexity index is 836. The van der Waals surface area contributed by atoms with Gasteiger partial charge in [-0.1, -0.05) is 6.07 Å². The fourth-order valence-corrected chi connectivity index (χ4v) is 5.69. The minimum Gasteiger partial charge on any atom is -0.307 e. The standard InChI is InChI=1S/C19H28N4O3S/c1-22-10-9-15(12-22)23(2)27(25,26)21-19(24)20-18-16-7-3-5-13(16)11-14-6-4-8-17(14)18/h11,15H,3-10,12H2,1-2H3,(H2,20,21,24)/t15-/m0/s1. The molecular formula is C19H28N4O3S. The zero-order valence-electron chi connectivity index (χ0n) is 16.0. The first-order valence-electron chi connectivity index (χ1n) is 9.77. The van der Waals surface area contributed by atoms with Gasteiger partial charge in [0.05, 0.1) is 0 Å². The van der Waals surface area contributed by atoms with E-state index in [1.807, 2.05) is 7.05 Å². The number of carbonyl (C=O) groups excluding carboxylic acids is 1. The van der Waals surface area contributed by atoms with Crippen LogP contribution in [0.4, 0.5) is 10.5 Å². The van der Waals surface area contributed by atoms with E-state index in [1.165, 1.54) is 33.6 Å². The average molecular weight is 393 g/mol. The van der Waals surface area contributed by atoms with Crippen LogP contribution in [-0.2, 0) is 35.9 Å². The highest BCUT2D eigenvalue weighted by Gasteiger charge is 2.32. The molecule has 7 nitrogen and oxygen atoms in total. The van der Waals surface area contributed by atoms with E-state index in [-0.39, 0.29) is 6.04 Å². The summed E-state index contributed by atoms with van der Waals surface area (Å²) in [5, 5.41) is 2.89. The molecule has 0 bridgehead atoms. The van der Waals surface area contributed by atoms with Crippen LogP contribution < -0.4 is 10.0 Å². The molecule has 0 unspecified atom stereocenters. The Kier molecular flexibility index (Phi) is 4.90. The lowest BCUT2D eigenvalue weighted by atomic mass is 9.99. The number of anilines is 1. The van der Waals surface area contributed by atoms with E-state index >= 15 is 0 Å². The highest BCUT2D eigenvalue weighted by atomic mass is 32.2. The van der Waals surface area contributed by atoms with Crippen molar-refractivity contribution in [2.45, 2.75) is 51.0 Å². The van der Waals surface area contributed by atoms with Crippen molar-refractivity contribution in [2.75, 3.05) is 32.5 Å². The Morgan fingerprint density at radius 1 is 1.15 bits per heavy atom. The summed E-state index contributed by atoms with van der Waals surface area (Å²) in [6, 6.07) is 1.52. The largest absolute Gasteiger partial charge is 0.333 e. The maximum atomic E-state index is 12.6. The summed E-state index contributed by atoms with van der Waals surface area (Å²) in [5.41, 5.74) is 5.84. The number of fused-ring (bicyclic) bond motifs is 2. The number of nitrogens with zero attached hydrogens (tertiary/aromatic N) is 2. The summed E-state index contributed by atoms with van der Waals surface area (Å²) in [6.07, 6.45) is 6.91. The third-order valence-electron chi connectivity index (χ3n) is 6.19. The Labute approximate surface area is 161 Å². The number of urea groups is 1.